The van der Waals surface area contributed by atoms with E-state index in [0.29, 0.717) is 40.0 Å². The van der Waals surface area contributed by atoms with Gasteiger partial charge in [0.1, 0.15) is 5.82 Å². The van der Waals surface area contributed by atoms with E-state index in [1.807, 2.05) is 17.8 Å². The molecule has 0 aliphatic carbocycles. The molecule has 24 heavy (non-hydrogen) atoms. The molecule has 0 aliphatic heterocycles. The zero-order valence-corrected chi connectivity index (χ0v) is 15.0. The van der Waals surface area contributed by atoms with Crippen LogP contribution in [0.3, 0.4) is 0 Å². The molecule has 3 rings (SSSR count). The zero-order chi connectivity index (χ0) is 17.1. The van der Waals surface area contributed by atoms with Gasteiger partial charge < -0.3 is 9.30 Å². The highest BCUT2D eigenvalue weighted by Crippen LogP contribution is 2.22. The van der Waals surface area contributed by atoms with Gasteiger partial charge in [-0.25, -0.2) is 9.97 Å². The van der Waals surface area contributed by atoms with Gasteiger partial charge in [0.05, 0.1) is 29.8 Å². The average molecular weight is 365 g/mol. The minimum absolute atomic E-state index is 0.0870. The first-order valence-corrected chi connectivity index (χ1v) is 8.74. The highest BCUT2D eigenvalue weighted by molar-refractivity contribution is 7.98. The van der Waals surface area contributed by atoms with Crippen LogP contribution in [0.2, 0.25) is 5.02 Å². The minimum Gasteiger partial charge on any atom is -0.383 e. The van der Waals surface area contributed by atoms with Crippen LogP contribution in [0.15, 0.2) is 40.5 Å². The number of hydrogen-bond acceptors (Lipinski definition) is 5. The van der Waals surface area contributed by atoms with Crippen molar-refractivity contribution in [1.82, 2.24) is 19.1 Å². The van der Waals surface area contributed by atoms with Crippen molar-refractivity contribution in [2.24, 2.45) is 7.05 Å². The van der Waals surface area contributed by atoms with E-state index in [4.69, 9.17) is 16.3 Å². The second-order valence-corrected chi connectivity index (χ2v) is 6.63. The molecule has 1 aromatic carbocycles. The third kappa shape index (κ3) is 3.48. The van der Waals surface area contributed by atoms with Crippen molar-refractivity contribution >= 4 is 34.3 Å². The van der Waals surface area contributed by atoms with Crippen molar-refractivity contribution in [1.29, 1.82) is 0 Å². The summed E-state index contributed by atoms with van der Waals surface area (Å²) in [6.07, 6.45) is 3.64. The molecule has 0 unspecified atom stereocenters. The molecule has 2 heterocycles. The van der Waals surface area contributed by atoms with E-state index in [-0.39, 0.29) is 5.56 Å². The second kappa shape index (κ2) is 7.38. The molecule has 0 bridgehead atoms. The number of ether oxygens (including phenoxy) is 1. The molecule has 0 fully saturated rings. The van der Waals surface area contributed by atoms with Gasteiger partial charge in [-0.1, -0.05) is 23.4 Å². The molecule has 0 radical (unpaired) electrons. The van der Waals surface area contributed by atoms with Crippen molar-refractivity contribution in [3.05, 3.63) is 51.8 Å². The number of fused-ring (bicyclic) bond motifs is 1. The lowest BCUT2D eigenvalue weighted by Crippen LogP contribution is -2.25. The van der Waals surface area contributed by atoms with Crippen LogP contribution in [0.4, 0.5) is 0 Å². The average Bonchev–Trinajstić information content (AvgIpc) is 2.97. The topological polar surface area (TPSA) is 61.9 Å². The summed E-state index contributed by atoms with van der Waals surface area (Å²) in [5, 5.41) is 1.75. The summed E-state index contributed by atoms with van der Waals surface area (Å²) in [5.41, 5.74) is 0.513. The lowest BCUT2D eigenvalue weighted by Gasteiger charge is -2.12. The first-order chi connectivity index (χ1) is 11.6. The molecule has 3 aromatic rings. The van der Waals surface area contributed by atoms with E-state index in [0.717, 1.165) is 5.82 Å². The summed E-state index contributed by atoms with van der Waals surface area (Å²) in [4.78, 5) is 21.7. The predicted octanol–water partition coefficient (Wildman–Crippen LogP) is 2.72. The third-order valence-corrected chi connectivity index (χ3v) is 4.86. The van der Waals surface area contributed by atoms with Crippen LogP contribution in [0, 0.1) is 0 Å². The molecular weight excluding hydrogens is 348 g/mol. The molecule has 0 N–H and O–H groups in total. The predicted molar refractivity (Wildman–Crippen MR) is 95.7 cm³/mol. The quantitative estimate of drug-likeness (QED) is 0.497. The summed E-state index contributed by atoms with van der Waals surface area (Å²) in [5.74, 6) is 1.54. The summed E-state index contributed by atoms with van der Waals surface area (Å²) >= 11 is 7.51. The standard InChI is InChI=1S/C16H17ClN4O2S/c1-20-6-5-18-14(20)10-24-16-19-13-9-11(17)3-4-12(13)15(22)21(16)7-8-23-2/h3-6,9H,7-8,10H2,1-2H3. The molecule has 0 amide bonds. The Hall–Kier alpha value is -1.83. The molecule has 2 aromatic heterocycles. The minimum atomic E-state index is -0.0870. The van der Waals surface area contributed by atoms with Gasteiger partial charge >= 0.3 is 0 Å². The Morgan fingerprint density at radius 1 is 1.38 bits per heavy atom. The Balaban J connectivity index is 2.02. The lowest BCUT2D eigenvalue weighted by atomic mass is 10.2. The van der Waals surface area contributed by atoms with Crippen LogP contribution in [0.5, 0.6) is 0 Å². The number of benzene rings is 1. The SMILES string of the molecule is COCCn1c(SCc2nccn2C)nc2cc(Cl)ccc2c1=O. The normalized spacial score (nSPS) is 11.3. The Morgan fingerprint density at radius 3 is 2.92 bits per heavy atom. The maximum Gasteiger partial charge on any atom is 0.262 e. The van der Waals surface area contributed by atoms with Crippen LogP contribution < -0.4 is 5.56 Å². The molecule has 0 saturated carbocycles. The maximum absolute atomic E-state index is 12.8. The summed E-state index contributed by atoms with van der Waals surface area (Å²) in [7, 11) is 3.55. The Kier molecular flexibility index (Phi) is 5.23. The van der Waals surface area contributed by atoms with Crippen molar-refractivity contribution in [2.45, 2.75) is 17.5 Å². The number of aromatic nitrogens is 4. The van der Waals surface area contributed by atoms with Crippen LogP contribution in [0.25, 0.3) is 10.9 Å². The fourth-order valence-corrected chi connectivity index (χ4v) is 3.52. The van der Waals surface area contributed by atoms with Gasteiger partial charge in [0, 0.05) is 31.6 Å². The van der Waals surface area contributed by atoms with E-state index >= 15 is 0 Å². The lowest BCUT2D eigenvalue weighted by molar-refractivity contribution is 0.183. The summed E-state index contributed by atoms with van der Waals surface area (Å²) < 4.78 is 8.72. The van der Waals surface area contributed by atoms with Crippen molar-refractivity contribution < 1.29 is 4.74 Å². The number of imidazole rings is 1. The first-order valence-electron chi connectivity index (χ1n) is 7.38. The number of hydrogen-bond donors (Lipinski definition) is 0. The first kappa shape index (κ1) is 17.0. The monoisotopic (exact) mass is 364 g/mol. The van der Waals surface area contributed by atoms with Crippen LogP contribution in [0.1, 0.15) is 5.82 Å². The summed E-state index contributed by atoms with van der Waals surface area (Å²) in [6.45, 7) is 0.889. The number of rotatable bonds is 6. The zero-order valence-electron chi connectivity index (χ0n) is 13.4. The van der Waals surface area contributed by atoms with Gasteiger partial charge in [0.15, 0.2) is 5.16 Å². The van der Waals surface area contributed by atoms with E-state index in [1.165, 1.54) is 11.8 Å². The van der Waals surface area contributed by atoms with Gasteiger partial charge in [-0.05, 0) is 18.2 Å². The van der Waals surface area contributed by atoms with Gasteiger partial charge in [-0.15, -0.1) is 0 Å². The van der Waals surface area contributed by atoms with Crippen LogP contribution in [-0.2, 0) is 24.1 Å². The number of methoxy groups -OCH3 is 1. The smallest absolute Gasteiger partial charge is 0.262 e. The fraction of sp³-hybridized carbons (Fsp3) is 0.312. The number of thioether (sulfide) groups is 1. The highest BCUT2D eigenvalue weighted by Gasteiger charge is 2.13. The van der Waals surface area contributed by atoms with Crippen molar-refractivity contribution in [3.63, 3.8) is 0 Å². The Bertz CT molecular complexity index is 922. The van der Waals surface area contributed by atoms with E-state index in [1.54, 1.807) is 36.1 Å². The molecule has 0 atom stereocenters. The molecule has 0 spiro atoms. The largest absolute Gasteiger partial charge is 0.383 e. The Labute approximate surface area is 148 Å². The third-order valence-electron chi connectivity index (χ3n) is 3.65. The number of nitrogens with zero attached hydrogens (tertiary/aromatic N) is 4. The van der Waals surface area contributed by atoms with Crippen LogP contribution >= 0.6 is 23.4 Å². The van der Waals surface area contributed by atoms with Crippen molar-refractivity contribution in [3.8, 4) is 0 Å². The van der Waals surface area contributed by atoms with Crippen LogP contribution in [-0.4, -0.2) is 32.8 Å². The van der Waals surface area contributed by atoms with Gasteiger partial charge in [-0.3, -0.25) is 9.36 Å². The van der Waals surface area contributed by atoms with Gasteiger partial charge in [0.25, 0.3) is 5.56 Å². The molecule has 8 heteroatoms. The highest BCUT2D eigenvalue weighted by atomic mass is 35.5. The second-order valence-electron chi connectivity index (χ2n) is 5.25. The molecule has 0 saturated heterocycles. The molecule has 126 valence electrons. The maximum atomic E-state index is 12.8. The fourth-order valence-electron chi connectivity index (χ4n) is 2.33. The van der Waals surface area contributed by atoms with E-state index < -0.39 is 0 Å². The molecule has 0 aliphatic rings. The van der Waals surface area contributed by atoms with E-state index in [9.17, 15) is 4.79 Å². The number of aryl methyl sites for hydroxylation is 1. The molecule has 6 nitrogen and oxygen atoms in total. The Morgan fingerprint density at radius 2 is 2.21 bits per heavy atom. The van der Waals surface area contributed by atoms with Gasteiger partial charge in [0.2, 0.25) is 0 Å². The number of halogens is 1. The van der Waals surface area contributed by atoms with E-state index in [2.05, 4.69) is 9.97 Å². The van der Waals surface area contributed by atoms with Gasteiger partial charge in [-0.2, -0.15) is 0 Å². The van der Waals surface area contributed by atoms with Crippen molar-refractivity contribution in [2.75, 3.05) is 13.7 Å². The summed E-state index contributed by atoms with van der Waals surface area (Å²) in [6, 6.07) is 5.13. The molecular formula is C16H17ClN4O2S.